The number of hydrogen-bond donors (Lipinski definition) is 2. The molecule has 1 aliphatic heterocycles. The lowest BCUT2D eigenvalue weighted by Gasteiger charge is -2.22. The summed E-state index contributed by atoms with van der Waals surface area (Å²) >= 11 is 0. The van der Waals surface area contributed by atoms with Crippen LogP contribution in [0.4, 0.5) is 11.8 Å². The maximum atomic E-state index is 5.85. The van der Waals surface area contributed by atoms with Crippen molar-refractivity contribution >= 4 is 17.4 Å². The van der Waals surface area contributed by atoms with Gasteiger partial charge in [0.05, 0.1) is 0 Å². The standard InChI is InChI=1S/C11H15N5O/c12-9-2-1-8(7-3-5-17-6-4-7)10-14-11(13)15-16(9)10/h1-2,7H,3-6,12H2,(H2,13,15). The quantitative estimate of drug-likeness (QED) is 0.759. The van der Waals surface area contributed by atoms with Crippen molar-refractivity contribution in [3.63, 3.8) is 0 Å². The van der Waals surface area contributed by atoms with E-state index in [0.29, 0.717) is 11.7 Å². The summed E-state index contributed by atoms with van der Waals surface area (Å²) in [7, 11) is 0. The van der Waals surface area contributed by atoms with Gasteiger partial charge in [0, 0.05) is 18.8 Å². The predicted octanol–water partition coefficient (Wildman–Crippen LogP) is 0.788. The Bertz CT molecular complexity index is 544. The summed E-state index contributed by atoms with van der Waals surface area (Å²) in [6.45, 7) is 1.59. The van der Waals surface area contributed by atoms with Crippen molar-refractivity contribution < 1.29 is 4.74 Å². The number of fused-ring (bicyclic) bond motifs is 1. The Balaban J connectivity index is 2.12. The Kier molecular flexibility index (Phi) is 2.36. The normalized spacial score (nSPS) is 17.6. The Hall–Kier alpha value is -1.82. The highest BCUT2D eigenvalue weighted by Crippen LogP contribution is 2.30. The van der Waals surface area contributed by atoms with Crippen molar-refractivity contribution in [2.75, 3.05) is 24.7 Å². The maximum absolute atomic E-state index is 5.85. The van der Waals surface area contributed by atoms with E-state index in [1.807, 2.05) is 12.1 Å². The zero-order valence-electron chi connectivity index (χ0n) is 9.47. The van der Waals surface area contributed by atoms with Gasteiger partial charge in [-0.05, 0) is 24.8 Å². The maximum Gasteiger partial charge on any atom is 0.240 e. The minimum atomic E-state index is 0.260. The van der Waals surface area contributed by atoms with Gasteiger partial charge >= 0.3 is 0 Å². The van der Waals surface area contributed by atoms with Crippen LogP contribution in [0.15, 0.2) is 12.1 Å². The van der Waals surface area contributed by atoms with Crippen LogP contribution in [0.5, 0.6) is 0 Å². The number of hydrogen-bond acceptors (Lipinski definition) is 5. The lowest BCUT2D eigenvalue weighted by molar-refractivity contribution is 0.0855. The van der Waals surface area contributed by atoms with E-state index < -0.39 is 0 Å². The highest BCUT2D eigenvalue weighted by molar-refractivity contribution is 5.57. The smallest absolute Gasteiger partial charge is 0.240 e. The largest absolute Gasteiger partial charge is 0.384 e. The molecule has 17 heavy (non-hydrogen) atoms. The van der Waals surface area contributed by atoms with Crippen LogP contribution in [0.3, 0.4) is 0 Å². The first-order chi connectivity index (χ1) is 8.25. The molecule has 4 N–H and O–H groups in total. The van der Waals surface area contributed by atoms with Crippen molar-refractivity contribution in [1.82, 2.24) is 14.6 Å². The van der Waals surface area contributed by atoms with E-state index in [-0.39, 0.29) is 5.95 Å². The molecule has 0 bridgehead atoms. The van der Waals surface area contributed by atoms with Gasteiger partial charge < -0.3 is 16.2 Å². The van der Waals surface area contributed by atoms with Crippen LogP contribution >= 0.6 is 0 Å². The van der Waals surface area contributed by atoms with Crippen molar-refractivity contribution in [3.8, 4) is 0 Å². The number of nitrogens with zero attached hydrogens (tertiary/aromatic N) is 3. The molecule has 0 atom stereocenters. The summed E-state index contributed by atoms with van der Waals surface area (Å²) in [5.41, 5.74) is 13.4. The zero-order valence-corrected chi connectivity index (χ0v) is 9.47. The number of nitrogens with two attached hydrogens (primary N) is 2. The van der Waals surface area contributed by atoms with Gasteiger partial charge in [-0.3, -0.25) is 0 Å². The summed E-state index contributed by atoms with van der Waals surface area (Å²) < 4.78 is 6.98. The van der Waals surface area contributed by atoms with Gasteiger partial charge in [-0.15, -0.1) is 5.10 Å². The lowest BCUT2D eigenvalue weighted by Crippen LogP contribution is -2.15. The first-order valence-corrected chi connectivity index (χ1v) is 5.74. The van der Waals surface area contributed by atoms with Gasteiger partial charge in [0.25, 0.3) is 0 Å². The molecule has 2 aromatic heterocycles. The Morgan fingerprint density at radius 3 is 2.76 bits per heavy atom. The van der Waals surface area contributed by atoms with Crippen LogP contribution in [0.25, 0.3) is 5.65 Å². The lowest BCUT2D eigenvalue weighted by atomic mass is 9.92. The average molecular weight is 233 g/mol. The minimum Gasteiger partial charge on any atom is -0.384 e. The fourth-order valence-electron chi connectivity index (χ4n) is 2.34. The van der Waals surface area contributed by atoms with Crippen LogP contribution < -0.4 is 11.5 Å². The molecule has 1 fully saturated rings. The molecular formula is C11H15N5O. The fraction of sp³-hybridized carbons (Fsp3) is 0.455. The molecular weight excluding hydrogens is 218 g/mol. The number of rotatable bonds is 1. The second-order valence-electron chi connectivity index (χ2n) is 4.31. The number of nitrogen functional groups attached to an aromatic ring is 2. The Labute approximate surface area is 98.6 Å². The minimum absolute atomic E-state index is 0.260. The van der Waals surface area contributed by atoms with Crippen molar-refractivity contribution in [2.24, 2.45) is 0 Å². The molecule has 0 aromatic carbocycles. The monoisotopic (exact) mass is 233 g/mol. The molecule has 0 spiro atoms. The fourth-order valence-corrected chi connectivity index (χ4v) is 2.34. The van der Waals surface area contributed by atoms with Gasteiger partial charge in [-0.2, -0.15) is 9.50 Å². The van der Waals surface area contributed by atoms with Gasteiger partial charge in [-0.25, -0.2) is 0 Å². The predicted molar refractivity (Wildman–Crippen MR) is 64.6 cm³/mol. The molecule has 0 aliphatic carbocycles. The number of anilines is 2. The highest BCUT2D eigenvalue weighted by atomic mass is 16.5. The van der Waals surface area contributed by atoms with E-state index in [1.165, 1.54) is 0 Å². The second kappa shape index (κ2) is 3.89. The number of aromatic nitrogens is 3. The summed E-state index contributed by atoms with van der Waals surface area (Å²) in [6, 6.07) is 3.88. The molecule has 1 aliphatic rings. The third kappa shape index (κ3) is 1.70. The first kappa shape index (κ1) is 10.3. The third-order valence-electron chi connectivity index (χ3n) is 3.22. The van der Waals surface area contributed by atoms with Crippen LogP contribution in [0.1, 0.15) is 24.3 Å². The van der Waals surface area contributed by atoms with Crippen molar-refractivity contribution in [3.05, 3.63) is 17.7 Å². The average Bonchev–Trinajstić information content (AvgIpc) is 2.73. The Morgan fingerprint density at radius 1 is 1.24 bits per heavy atom. The molecule has 6 nitrogen and oxygen atoms in total. The first-order valence-electron chi connectivity index (χ1n) is 5.74. The highest BCUT2D eigenvalue weighted by Gasteiger charge is 2.20. The van der Waals surface area contributed by atoms with E-state index in [2.05, 4.69) is 10.1 Å². The molecule has 3 heterocycles. The third-order valence-corrected chi connectivity index (χ3v) is 3.22. The van der Waals surface area contributed by atoms with Gasteiger partial charge in [0.1, 0.15) is 5.82 Å². The van der Waals surface area contributed by atoms with Gasteiger partial charge in [0.15, 0.2) is 5.65 Å². The van der Waals surface area contributed by atoms with Crippen LogP contribution in [-0.4, -0.2) is 27.8 Å². The molecule has 90 valence electrons. The van der Waals surface area contributed by atoms with Gasteiger partial charge in [0.2, 0.25) is 5.95 Å². The van der Waals surface area contributed by atoms with Crippen LogP contribution in [0.2, 0.25) is 0 Å². The van der Waals surface area contributed by atoms with E-state index in [4.69, 9.17) is 16.2 Å². The Morgan fingerprint density at radius 2 is 2.00 bits per heavy atom. The van der Waals surface area contributed by atoms with E-state index in [9.17, 15) is 0 Å². The van der Waals surface area contributed by atoms with Gasteiger partial charge in [-0.1, -0.05) is 6.07 Å². The SMILES string of the molecule is Nc1nc2c(C3CCOCC3)ccc(N)n2n1. The van der Waals surface area contributed by atoms with Crippen molar-refractivity contribution in [1.29, 1.82) is 0 Å². The summed E-state index contributed by atoms with van der Waals surface area (Å²) in [6.07, 6.45) is 2.01. The molecule has 1 saturated heterocycles. The van der Waals surface area contributed by atoms with E-state index >= 15 is 0 Å². The number of ether oxygens (including phenoxy) is 1. The topological polar surface area (TPSA) is 91.5 Å². The summed E-state index contributed by atoms with van der Waals surface area (Å²) in [4.78, 5) is 4.26. The van der Waals surface area contributed by atoms with Crippen LogP contribution in [-0.2, 0) is 4.74 Å². The van der Waals surface area contributed by atoms with E-state index in [1.54, 1.807) is 4.52 Å². The molecule has 2 aromatic rings. The summed E-state index contributed by atoms with van der Waals surface area (Å²) in [5, 5.41) is 4.10. The van der Waals surface area contributed by atoms with E-state index in [0.717, 1.165) is 37.3 Å². The molecule has 0 saturated carbocycles. The second-order valence-corrected chi connectivity index (χ2v) is 4.31. The molecule has 6 heteroatoms. The number of pyridine rings is 1. The molecule has 0 radical (unpaired) electrons. The zero-order chi connectivity index (χ0) is 11.8. The summed E-state index contributed by atoms with van der Waals surface area (Å²) in [5.74, 6) is 1.27. The molecule has 0 unspecified atom stereocenters. The van der Waals surface area contributed by atoms with Crippen LogP contribution in [0, 0.1) is 0 Å². The van der Waals surface area contributed by atoms with Crippen molar-refractivity contribution in [2.45, 2.75) is 18.8 Å². The molecule has 0 amide bonds. The molecule has 3 rings (SSSR count).